The van der Waals surface area contributed by atoms with Gasteiger partial charge in [-0.3, -0.25) is 4.79 Å². The van der Waals surface area contributed by atoms with Gasteiger partial charge in [0.2, 0.25) is 10.0 Å². The Balaban J connectivity index is 1.46. The van der Waals surface area contributed by atoms with Crippen LogP contribution in [-0.4, -0.2) is 54.7 Å². The van der Waals surface area contributed by atoms with Gasteiger partial charge in [0, 0.05) is 42.5 Å². The lowest BCUT2D eigenvalue weighted by atomic mass is 10.3. The van der Waals surface area contributed by atoms with Crippen LogP contribution in [0.4, 0.5) is 0 Å². The minimum atomic E-state index is -3.84. The van der Waals surface area contributed by atoms with Crippen LogP contribution in [0, 0.1) is 0 Å². The lowest BCUT2D eigenvalue weighted by molar-refractivity contribution is 0.0693. The van der Waals surface area contributed by atoms with Crippen molar-refractivity contribution >= 4 is 61.8 Å². The van der Waals surface area contributed by atoms with Crippen molar-refractivity contribution in [3.05, 3.63) is 56.1 Å². The highest BCUT2D eigenvalue weighted by molar-refractivity contribution is 7.89. The molecule has 1 aliphatic rings. The lowest BCUT2D eigenvalue weighted by Crippen LogP contribution is -2.50. The summed E-state index contributed by atoms with van der Waals surface area (Å²) in [5.41, 5.74) is 1.37. The summed E-state index contributed by atoms with van der Waals surface area (Å²) in [7, 11) is -3.84. The number of amides is 1. The summed E-state index contributed by atoms with van der Waals surface area (Å²) >= 11 is 15.1. The van der Waals surface area contributed by atoms with Crippen molar-refractivity contribution in [1.29, 1.82) is 0 Å². The zero-order valence-electron chi connectivity index (χ0n) is 14.9. The second-order valence-electron chi connectivity index (χ2n) is 6.30. The predicted molar refractivity (Wildman–Crippen MR) is 117 cm³/mol. The molecule has 0 unspecified atom stereocenters. The summed E-state index contributed by atoms with van der Waals surface area (Å²) < 4.78 is 27.2. The number of benzene rings is 1. The average molecular weight is 488 g/mol. The molecular weight excluding hydrogens is 473 g/mol. The summed E-state index contributed by atoms with van der Waals surface area (Å²) in [4.78, 5) is 18.7. The van der Waals surface area contributed by atoms with E-state index in [1.54, 1.807) is 27.7 Å². The van der Waals surface area contributed by atoms with Crippen molar-refractivity contribution in [3.8, 4) is 10.6 Å². The first-order chi connectivity index (χ1) is 13.9. The van der Waals surface area contributed by atoms with E-state index < -0.39 is 10.0 Å². The molecule has 152 valence electrons. The Bertz CT molecular complexity index is 1120. The van der Waals surface area contributed by atoms with Crippen LogP contribution >= 0.6 is 45.9 Å². The highest BCUT2D eigenvalue weighted by Crippen LogP contribution is 2.32. The van der Waals surface area contributed by atoms with Gasteiger partial charge in [0.05, 0.1) is 10.0 Å². The maximum Gasteiger partial charge on any atom is 0.273 e. The number of hydrogen-bond donors (Lipinski definition) is 0. The van der Waals surface area contributed by atoms with Crippen molar-refractivity contribution in [1.82, 2.24) is 14.2 Å². The van der Waals surface area contributed by atoms with E-state index in [4.69, 9.17) is 23.2 Å². The molecule has 0 aliphatic carbocycles. The number of hydrogen-bond acceptors (Lipinski definition) is 6. The van der Waals surface area contributed by atoms with E-state index >= 15 is 0 Å². The van der Waals surface area contributed by atoms with E-state index in [1.807, 2.05) is 16.8 Å². The molecule has 1 fully saturated rings. The fourth-order valence-corrected chi connectivity index (χ4v) is 7.06. The van der Waals surface area contributed by atoms with Gasteiger partial charge in [0.15, 0.2) is 0 Å². The maximum atomic E-state index is 13.0. The third-order valence-corrected chi connectivity index (χ3v) is 8.96. The molecule has 4 rings (SSSR count). The number of thiophene rings is 1. The van der Waals surface area contributed by atoms with Crippen LogP contribution in [0.2, 0.25) is 10.0 Å². The molecule has 3 heterocycles. The Morgan fingerprint density at radius 2 is 1.72 bits per heavy atom. The second kappa shape index (κ2) is 8.33. The molecule has 1 amide bonds. The molecule has 1 saturated heterocycles. The molecule has 0 bridgehead atoms. The second-order valence-corrected chi connectivity index (χ2v) is 10.6. The zero-order chi connectivity index (χ0) is 20.6. The van der Waals surface area contributed by atoms with Crippen LogP contribution in [0.1, 0.15) is 10.5 Å². The fraction of sp³-hybridized carbons (Fsp3) is 0.222. The third kappa shape index (κ3) is 4.08. The number of carbonyl (C=O) groups excluding carboxylic acids is 1. The van der Waals surface area contributed by atoms with Gasteiger partial charge in [0.25, 0.3) is 5.91 Å². The van der Waals surface area contributed by atoms with Crippen LogP contribution < -0.4 is 0 Å². The van der Waals surface area contributed by atoms with Gasteiger partial charge in [-0.25, -0.2) is 13.4 Å². The number of piperazine rings is 1. The van der Waals surface area contributed by atoms with Crippen molar-refractivity contribution in [2.24, 2.45) is 0 Å². The highest BCUT2D eigenvalue weighted by Gasteiger charge is 2.33. The SMILES string of the molecule is O=C(c1csc(-c2ccsc2)n1)N1CCN(S(=O)(=O)c2c(Cl)cccc2Cl)CC1. The molecule has 0 spiro atoms. The Labute approximate surface area is 186 Å². The molecule has 0 saturated carbocycles. The van der Waals surface area contributed by atoms with Gasteiger partial charge >= 0.3 is 0 Å². The first-order valence-corrected chi connectivity index (χ1v) is 12.6. The van der Waals surface area contributed by atoms with Crippen LogP contribution in [0.3, 0.4) is 0 Å². The van der Waals surface area contributed by atoms with Crippen LogP contribution in [-0.2, 0) is 10.0 Å². The largest absolute Gasteiger partial charge is 0.335 e. The predicted octanol–water partition coefficient (Wildman–Crippen LogP) is 4.33. The van der Waals surface area contributed by atoms with Crippen LogP contribution in [0.15, 0.2) is 45.3 Å². The van der Waals surface area contributed by atoms with Gasteiger partial charge < -0.3 is 4.90 Å². The summed E-state index contributed by atoms with van der Waals surface area (Å²) in [5, 5.41) is 6.64. The van der Waals surface area contributed by atoms with Crippen molar-refractivity contribution < 1.29 is 13.2 Å². The van der Waals surface area contributed by atoms with E-state index in [0.29, 0.717) is 5.69 Å². The monoisotopic (exact) mass is 487 g/mol. The molecule has 29 heavy (non-hydrogen) atoms. The average Bonchev–Trinajstić information content (AvgIpc) is 3.39. The van der Waals surface area contributed by atoms with E-state index in [0.717, 1.165) is 10.6 Å². The first kappa shape index (κ1) is 20.8. The summed E-state index contributed by atoms with van der Waals surface area (Å²) in [6.45, 7) is 0.866. The number of nitrogens with zero attached hydrogens (tertiary/aromatic N) is 3. The summed E-state index contributed by atoms with van der Waals surface area (Å²) in [5.74, 6) is -0.199. The Morgan fingerprint density at radius 1 is 1.03 bits per heavy atom. The Kier molecular flexibility index (Phi) is 5.97. The van der Waals surface area contributed by atoms with E-state index in [1.165, 1.54) is 27.8 Å². The van der Waals surface area contributed by atoms with Gasteiger partial charge in [-0.1, -0.05) is 29.3 Å². The smallest absolute Gasteiger partial charge is 0.273 e. The normalized spacial score (nSPS) is 15.6. The summed E-state index contributed by atoms with van der Waals surface area (Å²) in [6.07, 6.45) is 0. The molecule has 11 heteroatoms. The topological polar surface area (TPSA) is 70.6 Å². The van der Waals surface area contributed by atoms with E-state index in [2.05, 4.69) is 4.98 Å². The standard InChI is InChI=1S/C18H15Cl2N3O3S3/c19-13-2-1-3-14(20)16(13)29(25,26)23-7-5-22(6-8-23)18(24)15-11-28-17(21-15)12-4-9-27-10-12/h1-4,9-11H,5-8H2. The van der Waals surface area contributed by atoms with Crippen LogP contribution in [0.5, 0.6) is 0 Å². The number of halogens is 2. The van der Waals surface area contributed by atoms with Crippen LogP contribution in [0.25, 0.3) is 10.6 Å². The maximum absolute atomic E-state index is 13.0. The number of carbonyl (C=O) groups is 1. The zero-order valence-corrected chi connectivity index (χ0v) is 18.9. The quantitative estimate of drug-likeness (QED) is 0.549. The van der Waals surface area contributed by atoms with Gasteiger partial charge in [-0.15, -0.1) is 11.3 Å². The van der Waals surface area contributed by atoms with Crippen molar-refractivity contribution in [3.63, 3.8) is 0 Å². The Morgan fingerprint density at radius 3 is 2.34 bits per heavy atom. The van der Waals surface area contributed by atoms with E-state index in [-0.39, 0.29) is 47.0 Å². The van der Waals surface area contributed by atoms with Gasteiger partial charge in [-0.05, 0) is 23.6 Å². The fourth-order valence-electron chi connectivity index (χ4n) is 3.04. The third-order valence-electron chi connectivity index (χ3n) is 4.53. The van der Waals surface area contributed by atoms with Gasteiger partial charge in [-0.2, -0.15) is 15.6 Å². The molecular formula is C18H15Cl2N3O3S3. The number of sulfonamides is 1. The van der Waals surface area contributed by atoms with Crippen molar-refractivity contribution in [2.75, 3.05) is 26.2 Å². The summed E-state index contributed by atoms with van der Waals surface area (Å²) in [6, 6.07) is 6.54. The van der Waals surface area contributed by atoms with Gasteiger partial charge in [0.1, 0.15) is 15.6 Å². The molecule has 2 aromatic heterocycles. The highest BCUT2D eigenvalue weighted by atomic mass is 35.5. The Hall–Kier alpha value is -1.49. The molecule has 0 N–H and O–H groups in total. The number of rotatable bonds is 4. The minimum Gasteiger partial charge on any atom is -0.335 e. The molecule has 1 aromatic carbocycles. The molecule has 3 aromatic rings. The van der Waals surface area contributed by atoms with E-state index in [9.17, 15) is 13.2 Å². The number of aromatic nitrogens is 1. The van der Waals surface area contributed by atoms with Crippen molar-refractivity contribution in [2.45, 2.75) is 4.90 Å². The molecule has 1 aliphatic heterocycles. The minimum absolute atomic E-state index is 0.0828. The first-order valence-electron chi connectivity index (χ1n) is 8.59. The lowest BCUT2D eigenvalue weighted by Gasteiger charge is -2.34. The molecule has 0 radical (unpaired) electrons. The molecule has 0 atom stereocenters. The molecule has 6 nitrogen and oxygen atoms in total. The number of thiazole rings is 1.